The van der Waals surface area contributed by atoms with Gasteiger partial charge in [0, 0.05) is 17.2 Å². The molecule has 0 saturated heterocycles. The van der Waals surface area contributed by atoms with Crippen molar-refractivity contribution < 1.29 is 9.90 Å². The summed E-state index contributed by atoms with van der Waals surface area (Å²) >= 11 is 1.60. The van der Waals surface area contributed by atoms with Crippen LogP contribution in [-0.2, 0) is 16.6 Å². The van der Waals surface area contributed by atoms with Gasteiger partial charge in [0.15, 0.2) is 0 Å². The van der Waals surface area contributed by atoms with Crippen LogP contribution < -0.4 is 0 Å². The number of carbonyl (C=O) groups is 1. The average Bonchev–Trinajstić information content (AvgIpc) is 2.57. The van der Waals surface area contributed by atoms with E-state index in [9.17, 15) is 9.90 Å². The van der Waals surface area contributed by atoms with Gasteiger partial charge in [-0.15, -0.1) is 11.3 Å². The molecule has 0 spiro atoms. The number of aliphatic carboxylic acids is 1. The summed E-state index contributed by atoms with van der Waals surface area (Å²) in [5.74, 6) is -0.656. The summed E-state index contributed by atoms with van der Waals surface area (Å²) in [6.07, 6.45) is 3.23. The standard InChI is InChI=1S/C13H19NO2S/c1-12(2,3)9-8-17-10(14-9)7-13(11(15)16)5-4-6-13/h8H,4-7H2,1-3H3,(H,15,16). The lowest BCUT2D eigenvalue weighted by Crippen LogP contribution is -2.39. The van der Waals surface area contributed by atoms with E-state index in [2.05, 4.69) is 31.1 Å². The molecule has 0 bridgehead atoms. The first-order valence-electron chi connectivity index (χ1n) is 6.02. The second-order valence-electron chi connectivity index (χ2n) is 5.99. The van der Waals surface area contributed by atoms with E-state index in [0.29, 0.717) is 6.42 Å². The largest absolute Gasteiger partial charge is 0.481 e. The Morgan fingerprint density at radius 2 is 2.18 bits per heavy atom. The van der Waals surface area contributed by atoms with E-state index >= 15 is 0 Å². The Hall–Kier alpha value is -0.900. The normalized spacial score (nSPS) is 18.8. The monoisotopic (exact) mass is 253 g/mol. The molecule has 0 aliphatic heterocycles. The zero-order valence-corrected chi connectivity index (χ0v) is 11.4. The maximum atomic E-state index is 11.3. The van der Waals surface area contributed by atoms with E-state index in [0.717, 1.165) is 30.0 Å². The van der Waals surface area contributed by atoms with Crippen molar-refractivity contribution in [1.82, 2.24) is 4.98 Å². The van der Waals surface area contributed by atoms with E-state index in [-0.39, 0.29) is 5.41 Å². The van der Waals surface area contributed by atoms with Gasteiger partial charge >= 0.3 is 5.97 Å². The average molecular weight is 253 g/mol. The molecule has 0 unspecified atom stereocenters. The highest BCUT2D eigenvalue weighted by atomic mass is 32.1. The quantitative estimate of drug-likeness (QED) is 0.899. The van der Waals surface area contributed by atoms with Gasteiger partial charge in [0.05, 0.1) is 16.1 Å². The van der Waals surface area contributed by atoms with Crippen LogP contribution >= 0.6 is 11.3 Å². The highest BCUT2D eigenvalue weighted by Gasteiger charge is 2.45. The molecule has 1 aliphatic carbocycles. The van der Waals surface area contributed by atoms with Gasteiger partial charge in [0.1, 0.15) is 0 Å². The zero-order chi connectivity index (χ0) is 12.7. The van der Waals surface area contributed by atoms with Crippen molar-refractivity contribution in [1.29, 1.82) is 0 Å². The SMILES string of the molecule is CC(C)(C)c1csc(CC2(C(=O)O)CCC2)n1. The molecule has 0 atom stereocenters. The Bertz CT molecular complexity index is 427. The van der Waals surface area contributed by atoms with Gasteiger partial charge in [0.25, 0.3) is 0 Å². The minimum absolute atomic E-state index is 0.0464. The summed E-state index contributed by atoms with van der Waals surface area (Å²) in [5.41, 5.74) is 0.593. The highest BCUT2D eigenvalue weighted by molar-refractivity contribution is 7.09. The molecule has 0 amide bonds. The number of rotatable bonds is 3. The number of thiazole rings is 1. The topological polar surface area (TPSA) is 50.2 Å². The van der Waals surface area contributed by atoms with E-state index in [1.165, 1.54) is 0 Å². The zero-order valence-electron chi connectivity index (χ0n) is 10.6. The van der Waals surface area contributed by atoms with Crippen molar-refractivity contribution in [3.63, 3.8) is 0 Å². The molecule has 4 heteroatoms. The summed E-state index contributed by atoms with van der Waals surface area (Å²) in [6, 6.07) is 0. The third-order valence-corrected chi connectivity index (χ3v) is 4.42. The fourth-order valence-corrected chi connectivity index (χ4v) is 3.26. The van der Waals surface area contributed by atoms with Crippen LogP contribution in [0.15, 0.2) is 5.38 Å². The Kier molecular flexibility index (Phi) is 3.02. The third kappa shape index (κ3) is 2.37. The van der Waals surface area contributed by atoms with E-state index in [1.807, 2.05) is 0 Å². The lowest BCUT2D eigenvalue weighted by atomic mass is 9.67. The first-order chi connectivity index (χ1) is 7.83. The first kappa shape index (κ1) is 12.6. The van der Waals surface area contributed by atoms with E-state index in [4.69, 9.17) is 0 Å². The summed E-state index contributed by atoms with van der Waals surface area (Å²) in [4.78, 5) is 15.9. The Morgan fingerprint density at radius 1 is 1.53 bits per heavy atom. The molecule has 1 fully saturated rings. The second-order valence-corrected chi connectivity index (χ2v) is 6.93. The Labute approximate surface area is 106 Å². The molecule has 1 aromatic rings. The number of carboxylic acids is 1. The molecule has 1 aromatic heterocycles. The van der Waals surface area contributed by atoms with Crippen molar-refractivity contribution in [2.24, 2.45) is 5.41 Å². The molecule has 1 heterocycles. The van der Waals surface area contributed by atoms with Gasteiger partial charge in [0.2, 0.25) is 0 Å². The second kappa shape index (κ2) is 4.09. The Morgan fingerprint density at radius 3 is 2.53 bits per heavy atom. The van der Waals surface area contributed by atoms with Crippen LogP contribution in [0.3, 0.4) is 0 Å². The maximum absolute atomic E-state index is 11.3. The van der Waals surface area contributed by atoms with Gasteiger partial charge in [-0.05, 0) is 12.8 Å². The van der Waals surface area contributed by atoms with Crippen molar-refractivity contribution in [3.8, 4) is 0 Å². The molecule has 0 aromatic carbocycles. The number of nitrogens with zero attached hydrogens (tertiary/aromatic N) is 1. The van der Waals surface area contributed by atoms with Crippen molar-refractivity contribution in [2.45, 2.75) is 51.9 Å². The number of hydrogen-bond donors (Lipinski definition) is 1. The summed E-state index contributed by atoms with van der Waals surface area (Å²) in [5, 5.41) is 12.3. The smallest absolute Gasteiger partial charge is 0.310 e. The highest BCUT2D eigenvalue weighted by Crippen LogP contribution is 2.44. The lowest BCUT2D eigenvalue weighted by Gasteiger charge is -2.36. The molecule has 94 valence electrons. The molecule has 1 saturated carbocycles. The molecule has 2 rings (SSSR count). The molecular formula is C13H19NO2S. The van der Waals surface area contributed by atoms with Gasteiger partial charge in [-0.2, -0.15) is 0 Å². The van der Waals surface area contributed by atoms with Crippen molar-refractivity contribution in [3.05, 3.63) is 16.1 Å². The fourth-order valence-electron chi connectivity index (χ4n) is 2.10. The van der Waals surface area contributed by atoms with Crippen LogP contribution in [0.4, 0.5) is 0 Å². The summed E-state index contributed by atoms with van der Waals surface area (Å²) in [6.45, 7) is 6.38. The summed E-state index contributed by atoms with van der Waals surface area (Å²) < 4.78 is 0. The third-order valence-electron chi connectivity index (χ3n) is 3.57. The lowest BCUT2D eigenvalue weighted by molar-refractivity contribution is -0.154. The minimum atomic E-state index is -0.656. The molecular weight excluding hydrogens is 234 g/mol. The van der Waals surface area contributed by atoms with Crippen LogP contribution in [0.2, 0.25) is 0 Å². The predicted molar refractivity (Wildman–Crippen MR) is 68.4 cm³/mol. The molecule has 3 nitrogen and oxygen atoms in total. The molecule has 1 aliphatic rings. The Balaban J connectivity index is 2.14. The molecule has 17 heavy (non-hydrogen) atoms. The molecule has 1 N–H and O–H groups in total. The van der Waals surface area contributed by atoms with Crippen LogP contribution in [0.25, 0.3) is 0 Å². The van der Waals surface area contributed by atoms with Crippen LogP contribution in [0.1, 0.15) is 50.7 Å². The van der Waals surface area contributed by atoms with E-state index in [1.54, 1.807) is 11.3 Å². The summed E-state index contributed by atoms with van der Waals surface area (Å²) in [7, 11) is 0. The van der Waals surface area contributed by atoms with Gasteiger partial charge < -0.3 is 5.11 Å². The minimum Gasteiger partial charge on any atom is -0.481 e. The predicted octanol–water partition coefficient (Wildman–Crippen LogP) is 3.24. The molecule has 0 radical (unpaired) electrons. The van der Waals surface area contributed by atoms with Crippen molar-refractivity contribution >= 4 is 17.3 Å². The van der Waals surface area contributed by atoms with E-state index < -0.39 is 11.4 Å². The van der Waals surface area contributed by atoms with Gasteiger partial charge in [-0.25, -0.2) is 4.98 Å². The first-order valence-corrected chi connectivity index (χ1v) is 6.90. The van der Waals surface area contributed by atoms with Gasteiger partial charge in [-0.3, -0.25) is 4.79 Å². The van der Waals surface area contributed by atoms with Crippen LogP contribution in [-0.4, -0.2) is 16.1 Å². The maximum Gasteiger partial charge on any atom is 0.310 e. The number of aromatic nitrogens is 1. The van der Waals surface area contributed by atoms with Crippen LogP contribution in [0.5, 0.6) is 0 Å². The number of carboxylic acid groups (broad SMARTS) is 1. The van der Waals surface area contributed by atoms with Crippen molar-refractivity contribution in [2.75, 3.05) is 0 Å². The fraction of sp³-hybridized carbons (Fsp3) is 0.692. The van der Waals surface area contributed by atoms with Crippen LogP contribution in [0, 0.1) is 5.41 Å². The number of hydrogen-bond acceptors (Lipinski definition) is 3. The van der Waals surface area contributed by atoms with Gasteiger partial charge in [-0.1, -0.05) is 27.2 Å².